The van der Waals surface area contributed by atoms with Crippen molar-refractivity contribution in [1.82, 2.24) is 14.8 Å². The number of likely N-dealkylation sites (tertiary alicyclic amines) is 1. The standard InChI is InChI=1S/C20H30N4O2.C6H4Cl2/c1-23(9-7-18(25)26)17-11-20(12-17)13-24(14-20)10-6-16-5-4-15-3-2-8-21-19(15)22-16;7-5-2-1-3-6(8)4-5/h4-5,17H,2-3,6-14H2,1H3,(H,21,22)(H,25,26);1-4H. The van der Waals surface area contributed by atoms with Gasteiger partial charge in [0.1, 0.15) is 5.82 Å². The van der Waals surface area contributed by atoms with Crippen LogP contribution in [0.25, 0.3) is 0 Å². The molecule has 3 aliphatic rings. The van der Waals surface area contributed by atoms with E-state index in [0.29, 0.717) is 28.0 Å². The van der Waals surface area contributed by atoms with Crippen molar-refractivity contribution in [1.29, 1.82) is 0 Å². The second-order valence-electron chi connectivity index (χ2n) is 9.93. The highest BCUT2D eigenvalue weighted by Crippen LogP contribution is 2.49. The van der Waals surface area contributed by atoms with Crippen LogP contribution in [0.4, 0.5) is 5.82 Å². The average Bonchev–Trinajstić information content (AvgIpc) is 2.75. The molecule has 0 radical (unpaired) electrons. The molecule has 1 aromatic carbocycles. The molecule has 1 aromatic heterocycles. The van der Waals surface area contributed by atoms with E-state index in [4.69, 9.17) is 33.3 Å². The maximum absolute atomic E-state index is 10.7. The summed E-state index contributed by atoms with van der Waals surface area (Å²) in [5.41, 5.74) is 3.06. The zero-order valence-corrected chi connectivity index (χ0v) is 21.3. The molecule has 2 aliphatic heterocycles. The van der Waals surface area contributed by atoms with Crippen LogP contribution in [0.3, 0.4) is 0 Å². The lowest BCUT2D eigenvalue weighted by molar-refractivity contribution is -0.138. The third-order valence-electron chi connectivity index (χ3n) is 7.18. The highest BCUT2D eigenvalue weighted by Gasteiger charge is 2.52. The van der Waals surface area contributed by atoms with E-state index < -0.39 is 5.97 Å². The molecule has 0 bridgehead atoms. The first-order valence-corrected chi connectivity index (χ1v) is 12.9. The van der Waals surface area contributed by atoms with Crippen molar-refractivity contribution in [3.8, 4) is 0 Å². The molecular formula is C26H34Cl2N4O2. The summed E-state index contributed by atoms with van der Waals surface area (Å²) < 4.78 is 0. The van der Waals surface area contributed by atoms with Crippen LogP contribution in [0.2, 0.25) is 10.0 Å². The number of hydrogen-bond donors (Lipinski definition) is 2. The molecule has 1 aliphatic carbocycles. The molecule has 2 fully saturated rings. The van der Waals surface area contributed by atoms with Crippen molar-refractivity contribution in [2.75, 3.05) is 45.1 Å². The molecule has 1 saturated heterocycles. The van der Waals surface area contributed by atoms with Gasteiger partial charge in [0.25, 0.3) is 0 Å². The number of nitrogens with one attached hydrogen (secondary N) is 1. The number of hydrogen-bond acceptors (Lipinski definition) is 5. The Morgan fingerprint density at radius 1 is 1.24 bits per heavy atom. The van der Waals surface area contributed by atoms with Crippen LogP contribution in [0.15, 0.2) is 36.4 Å². The van der Waals surface area contributed by atoms with E-state index in [9.17, 15) is 4.79 Å². The van der Waals surface area contributed by atoms with Gasteiger partial charge in [0.2, 0.25) is 0 Å². The van der Waals surface area contributed by atoms with Gasteiger partial charge < -0.3 is 20.2 Å². The van der Waals surface area contributed by atoms with Gasteiger partial charge in [-0.2, -0.15) is 0 Å². The molecule has 184 valence electrons. The van der Waals surface area contributed by atoms with Crippen LogP contribution in [0.5, 0.6) is 0 Å². The molecule has 0 amide bonds. The van der Waals surface area contributed by atoms with E-state index in [1.165, 1.54) is 43.6 Å². The fraction of sp³-hybridized carbons (Fsp3) is 0.538. The minimum absolute atomic E-state index is 0.245. The normalized spacial score (nSPS) is 18.8. The van der Waals surface area contributed by atoms with Gasteiger partial charge in [0.05, 0.1) is 6.42 Å². The molecule has 3 heterocycles. The molecule has 0 atom stereocenters. The number of benzene rings is 1. The second-order valence-corrected chi connectivity index (χ2v) is 10.8. The smallest absolute Gasteiger partial charge is 0.304 e. The zero-order valence-electron chi connectivity index (χ0n) is 19.8. The van der Waals surface area contributed by atoms with E-state index in [2.05, 4.69) is 34.3 Å². The fourth-order valence-electron chi connectivity index (χ4n) is 5.27. The summed E-state index contributed by atoms with van der Waals surface area (Å²) in [6.07, 6.45) is 6.06. The molecular weight excluding hydrogens is 471 g/mol. The monoisotopic (exact) mass is 504 g/mol. The Morgan fingerprint density at radius 3 is 2.62 bits per heavy atom. The van der Waals surface area contributed by atoms with Crippen molar-refractivity contribution < 1.29 is 9.90 Å². The number of carbonyl (C=O) groups is 1. The Morgan fingerprint density at radius 2 is 1.97 bits per heavy atom. The van der Waals surface area contributed by atoms with Crippen molar-refractivity contribution >= 4 is 35.0 Å². The van der Waals surface area contributed by atoms with Gasteiger partial charge >= 0.3 is 5.97 Å². The van der Waals surface area contributed by atoms with Crippen molar-refractivity contribution in [2.45, 2.75) is 44.6 Å². The highest BCUT2D eigenvalue weighted by atomic mass is 35.5. The fourth-order valence-corrected chi connectivity index (χ4v) is 5.70. The lowest BCUT2D eigenvalue weighted by atomic mass is 9.60. The number of aromatic nitrogens is 1. The van der Waals surface area contributed by atoms with Crippen LogP contribution in [0.1, 0.15) is 36.9 Å². The third-order valence-corrected chi connectivity index (χ3v) is 7.65. The minimum atomic E-state index is -0.702. The van der Waals surface area contributed by atoms with Crippen molar-refractivity contribution in [2.24, 2.45) is 5.41 Å². The summed E-state index contributed by atoms with van der Waals surface area (Å²) in [5, 5.41) is 13.6. The van der Waals surface area contributed by atoms with Crippen LogP contribution < -0.4 is 5.32 Å². The topological polar surface area (TPSA) is 68.7 Å². The number of nitrogens with zero attached hydrogens (tertiary/aromatic N) is 3. The molecule has 1 spiro atoms. The highest BCUT2D eigenvalue weighted by molar-refractivity contribution is 6.34. The zero-order chi connectivity index (χ0) is 24.1. The predicted octanol–water partition coefficient (Wildman–Crippen LogP) is 4.85. The molecule has 0 unspecified atom stereocenters. The van der Waals surface area contributed by atoms with Gasteiger partial charge in [0, 0.05) is 60.9 Å². The number of pyridine rings is 1. The maximum Gasteiger partial charge on any atom is 0.304 e. The Kier molecular flexibility index (Phi) is 8.35. The van der Waals surface area contributed by atoms with E-state index in [1.807, 2.05) is 6.07 Å². The largest absolute Gasteiger partial charge is 0.481 e. The lowest BCUT2D eigenvalue weighted by Crippen LogP contribution is -2.66. The van der Waals surface area contributed by atoms with Crippen LogP contribution in [0, 0.1) is 5.41 Å². The molecule has 8 heteroatoms. The van der Waals surface area contributed by atoms with Gasteiger partial charge in [-0.1, -0.05) is 35.3 Å². The van der Waals surface area contributed by atoms with Gasteiger partial charge in [-0.15, -0.1) is 0 Å². The number of carboxylic acid groups (broad SMARTS) is 1. The number of anilines is 1. The summed E-state index contributed by atoms with van der Waals surface area (Å²) in [5.74, 6) is 0.395. The Labute approximate surface area is 212 Å². The maximum atomic E-state index is 10.7. The van der Waals surface area contributed by atoms with Crippen molar-refractivity contribution in [3.63, 3.8) is 0 Å². The quantitative estimate of drug-likeness (QED) is 0.561. The minimum Gasteiger partial charge on any atom is -0.481 e. The van der Waals surface area contributed by atoms with E-state index in [0.717, 1.165) is 31.7 Å². The number of halogens is 2. The molecule has 34 heavy (non-hydrogen) atoms. The summed E-state index contributed by atoms with van der Waals surface area (Å²) >= 11 is 11.1. The van der Waals surface area contributed by atoms with Gasteiger partial charge in [-0.05, 0) is 68.0 Å². The molecule has 1 saturated carbocycles. The summed E-state index contributed by atoms with van der Waals surface area (Å²) in [7, 11) is 2.06. The number of aliphatic carboxylic acids is 1. The first-order chi connectivity index (χ1) is 16.3. The van der Waals surface area contributed by atoms with E-state index in [-0.39, 0.29) is 6.42 Å². The van der Waals surface area contributed by atoms with Crippen LogP contribution in [-0.2, 0) is 17.6 Å². The van der Waals surface area contributed by atoms with Crippen LogP contribution >= 0.6 is 23.2 Å². The van der Waals surface area contributed by atoms with E-state index in [1.54, 1.807) is 18.2 Å². The average molecular weight is 505 g/mol. The summed E-state index contributed by atoms with van der Waals surface area (Å²) in [6.45, 7) is 5.18. The number of rotatable bonds is 7. The number of fused-ring (bicyclic) bond motifs is 1. The third kappa shape index (κ3) is 6.63. The van der Waals surface area contributed by atoms with Crippen molar-refractivity contribution in [3.05, 3.63) is 57.7 Å². The van der Waals surface area contributed by atoms with Crippen LogP contribution in [-0.4, -0.2) is 71.7 Å². The SMILES string of the molecule is CN(CCC(=O)O)C1CC2(C1)CN(CCc1ccc3c(n1)NCCC3)C2.Clc1cccc(Cl)c1. The van der Waals surface area contributed by atoms with Gasteiger partial charge in [0.15, 0.2) is 0 Å². The summed E-state index contributed by atoms with van der Waals surface area (Å²) in [6, 6.07) is 12.1. The van der Waals surface area contributed by atoms with Gasteiger partial charge in [-0.3, -0.25) is 4.79 Å². The second kappa shape index (κ2) is 11.3. The first-order valence-electron chi connectivity index (χ1n) is 12.1. The Bertz CT molecular complexity index is 971. The number of aryl methyl sites for hydroxylation is 1. The lowest BCUT2D eigenvalue weighted by Gasteiger charge is -2.61. The Balaban J connectivity index is 0.000000291. The Hall–Kier alpha value is -1.86. The number of carboxylic acids is 1. The molecule has 5 rings (SSSR count). The molecule has 2 aromatic rings. The first kappa shape index (κ1) is 25.2. The summed E-state index contributed by atoms with van der Waals surface area (Å²) in [4.78, 5) is 20.3. The molecule has 6 nitrogen and oxygen atoms in total. The predicted molar refractivity (Wildman–Crippen MR) is 138 cm³/mol. The van der Waals surface area contributed by atoms with E-state index >= 15 is 0 Å². The molecule has 2 N–H and O–H groups in total. The van der Waals surface area contributed by atoms with Gasteiger partial charge in [-0.25, -0.2) is 4.98 Å².